The number of rotatable bonds is 7. The second-order valence-corrected chi connectivity index (χ2v) is 4.37. The lowest BCUT2D eigenvalue weighted by atomic mass is 10.1. The van der Waals surface area contributed by atoms with E-state index in [1.165, 1.54) is 0 Å². The van der Waals surface area contributed by atoms with E-state index in [-0.39, 0.29) is 19.1 Å². The molecule has 19 heavy (non-hydrogen) atoms. The Morgan fingerprint density at radius 3 is 2.68 bits per heavy atom. The van der Waals surface area contributed by atoms with Gasteiger partial charge < -0.3 is 15.2 Å². The summed E-state index contributed by atoms with van der Waals surface area (Å²) < 4.78 is 5.23. The molecule has 5 nitrogen and oxygen atoms in total. The van der Waals surface area contributed by atoms with Crippen molar-refractivity contribution in [2.24, 2.45) is 5.92 Å². The quantitative estimate of drug-likeness (QED) is 0.803. The molecule has 0 saturated heterocycles. The van der Waals surface area contributed by atoms with Gasteiger partial charge in [0.05, 0.1) is 10.9 Å². The van der Waals surface area contributed by atoms with Crippen LogP contribution >= 0.6 is 11.6 Å². The highest BCUT2D eigenvalue weighted by Crippen LogP contribution is 2.22. The molecule has 0 aliphatic carbocycles. The average Bonchev–Trinajstić information content (AvgIpc) is 2.38. The van der Waals surface area contributed by atoms with Gasteiger partial charge in [-0.05, 0) is 18.6 Å². The Balaban J connectivity index is 2.36. The summed E-state index contributed by atoms with van der Waals surface area (Å²) >= 11 is 5.86. The molecule has 0 spiro atoms. The second-order valence-electron chi connectivity index (χ2n) is 3.97. The Labute approximate surface area is 116 Å². The van der Waals surface area contributed by atoms with Crippen LogP contribution in [-0.4, -0.2) is 30.1 Å². The van der Waals surface area contributed by atoms with Crippen LogP contribution in [0.2, 0.25) is 5.02 Å². The third-order valence-electron chi connectivity index (χ3n) is 2.58. The van der Waals surface area contributed by atoms with Crippen molar-refractivity contribution >= 4 is 23.5 Å². The summed E-state index contributed by atoms with van der Waals surface area (Å²) in [6.07, 6.45) is 0.459. The van der Waals surface area contributed by atoms with E-state index in [4.69, 9.17) is 21.4 Å². The number of ether oxygens (including phenoxy) is 1. The molecule has 1 atom stereocenters. The van der Waals surface area contributed by atoms with Gasteiger partial charge in [0.25, 0.3) is 5.91 Å². The molecule has 2 N–H and O–H groups in total. The van der Waals surface area contributed by atoms with Crippen molar-refractivity contribution in [2.75, 3.05) is 13.2 Å². The van der Waals surface area contributed by atoms with Crippen LogP contribution in [0.1, 0.15) is 13.3 Å². The van der Waals surface area contributed by atoms with Gasteiger partial charge in [0.2, 0.25) is 0 Å². The van der Waals surface area contributed by atoms with Gasteiger partial charge in [0.1, 0.15) is 5.75 Å². The predicted molar refractivity (Wildman–Crippen MR) is 71.4 cm³/mol. The van der Waals surface area contributed by atoms with Gasteiger partial charge in [-0.1, -0.05) is 30.7 Å². The highest BCUT2D eigenvalue weighted by atomic mass is 35.5. The van der Waals surface area contributed by atoms with Gasteiger partial charge in [-0.3, -0.25) is 9.59 Å². The van der Waals surface area contributed by atoms with Crippen LogP contribution in [0.3, 0.4) is 0 Å². The topological polar surface area (TPSA) is 75.6 Å². The number of carbonyl (C=O) groups excluding carboxylic acids is 1. The minimum atomic E-state index is -0.921. The predicted octanol–water partition coefficient (Wildman–Crippen LogP) is 1.95. The van der Waals surface area contributed by atoms with Crippen molar-refractivity contribution in [3.63, 3.8) is 0 Å². The maximum Gasteiger partial charge on any atom is 0.308 e. The minimum Gasteiger partial charge on any atom is -0.482 e. The fourth-order valence-corrected chi connectivity index (χ4v) is 1.59. The normalized spacial score (nSPS) is 11.7. The zero-order valence-corrected chi connectivity index (χ0v) is 11.3. The molecule has 0 aliphatic heterocycles. The molecule has 104 valence electrons. The van der Waals surface area contributed by atoms with Crippen molar-refractivity contribution in [2.45, 2.75) is 13.3 Å². The molecule has 6 heteroatoms. The van der Waals surface area contributed by atoms with Crippen LogP contribution in [0.5, 0.6) is 5.75 Å². The van der Waals surface area contributed by atoms with E-state index in [0.29, 0.717) is 17.2 Å². The molecule has 0 fully saturated rings. The Bertz CT molecular complexity index is 450. The first-order valence-corrected chi connectivity index (χ1v) is 6.29. The minimum absolute atomic E-state index is 0.0938. The summed E-state index contributed by atoms with van der Waals surface area (Å²) in [6.45, 7) is 1.65. The largest absolute Gasteiger partial charge is 0.482 e. The molecule has 0 aliphatic rings. The number of carbonyl (C=O) groups is 2. The lowest BCUT2D eigenvalue weighted by molar-refractivity contribution is -0.141. The number of para-hydroxylation sites is 1. The van der Waals surface area contributed by atoms with Crippen molar-refractivity contribution in [1.82, 2.24) is 5.32 Å². The van der Waals surface area contributed by atoms with Crippen molar-refractivity contribution in [3.05, 3.63) is 29.3 Å². The summed E-state index contributed by atoms with van der Waals surface area (Å²) in [5.74, 6) is -1.46. The van der Waals surface area contributed by atoms with E-state index in [1.807, 2.05) is 0 Å². The zero-order valence-electron chi connectivity index (χ0n) is 10.6. The zero-order chi connectivity index (χ0) is 14.3. The van der Waals surface area contributed by atoms with E-state index in [0.717, 1.165) is 0 Å². The fraction of sp³-hybridized carbons (Fsp3) is 0.385. The summed E-state index contributed by atoms with van der Waals surface area (Å²) in [5, 5.41) is 11.8. The van der Waals surface area contributed by atoms with E-state index in [9.17, 15) is 9.59 Å². The van der Waals surface area contributed by atoms with Crippen LogP contribution in [0.25, 0.3) is 0 Å². The van der Waals surface area contributed by atoms with Crippen LogP contribution in [0, 0.1) is 5.92 Å². The molecule has 1 aromatic carbocycles. The molecule has 1 unspecified atom stereocenters. The van der Waals surface area contributed by atoms with E-state index in [2.05, 4.69) is 5.32 Å². The SMILES string of the molecule is CCC(CNC(=O)COc1ccccc1Cl)C(=O)O. The fourth-order valence-electron chi connectivity index (χ4n) is 1.40. The number of nitrogens with one attached hydrogen (secondary N) is 1. The number of carboxylic acids is 1. The number of amides is 1. The first-order chi connectivity index (χ1) is 9.04. The third kappa shape index (κ3) is 5.18. The molecule has 1 aromatic rings. The lowest BCUT2D eigenvalue weighted by Gasteiger charge is -2.12. The number of hydrogen-bond donors (Lipinski definition) is 2. The van der Waals surface area contributed by atoms with Crippen molar-refractivity contribution in [3.8, 4) is 5.75 Å². The highest BCUT2D eigenvalue weighted by molar-refractivity contribution is 6.32. The molecule has 1 rings (SSSR count). The number of hydrogen-bond acceptors (Lipinski definition) is 3. The Kier molecular flexibility index (Phi) is 6.15. The standard InChI is InChI=1S/C13H16ClNO4/c1-2-9(13(17)18)7-15-12(16)8-19-11-6-4-3-5-10(11)14/h3-6,9H,2,7-8H2,1H3,(H,15,16)(H,17,18). The van der Waals surface area contributed by atoms with E-state index in [1.54, 1.807) is 31.2 Å². The molecule has 1 amide bonds. The molecule has 0 bridgehead atoms. The summed E-state index contributed by atoms with van der Waals surface area (Å²) in [5.41, 5.74) is 0. The van der Waals surface area contributed by atoms with Gasteiger partial charge in [-0.25, -0.2) is 0 Å². The second kappa shape index (κ2) is 7.63. The molecule has 0 heterocycles. The van der Waals surface area contributed by atoms with Gasteiger partial charge in [-0.15, -0.1) is 0 Å². The van der Waals surface area contributed by atoms with Crippen molar-refractivity contribution < 1.29 is 19.4 Å². The number of carboxylic acid groups (broad SMARTS) is 1. The molecule has 0 aromatic heterocycles. The van der Waals surface area contributed by atoms with Gasteiger partial charge in [-0.2, -0.15) is 0 Å². The molecular formula is C13H16ClNO4. The Morgan fingerprint density at radius 1 is 1.42 bits per heavy atom. The number of halogens is 1. The monoisotopic (exact) mass is 285 g/mol. The van der Waals surface area contributed by atoms with Crippen LogP contribution in [-0.2, 0) is 9.59 Å². The number of aliphatic carboxylic acids is 1. The molecular weight excluding hydrogens is 270 g/mol. The maximum absolute atomic E-state index is 11.5. The van der Waals surface area contributed by atoms with Crippen LogP contribution in [0.4, 0.5) is 0 Å². The van der Waals surface area contributed by atoms with E-state index < -0.39 is 11.9 Å². The molecule has 0 saturated carbocycles. The first-order valence-electron chi connectivity index (χ1n) is 5.91. The van der Waals surface area contributed by atoms with Crippen LogP contribution < -0.4 is 10.1 Å². The smallest absolute Gasteiger partial charge is 0.308 e. The highest BCUT2D eigenvalue weighted by Gasteiger charge is 2.16. The summed E-state index contributed by atoms with van der Waals surface area (Å²) in [4.78, 5) is 22.3. The van der Waals surface area contributed by atoms with Gasteiger partial charge in [0.15, 0.2) is 6.61 Å². The first kappa shape index (κ1) is 15.3. The maximum atomic E-state index is 11.5. The van der Waals surface area contributed by atoms with Gasteiger partial charge >= 0.3 is 5.97 Å². The van der Waals surface area contributed by atoms with E-state index >= 15 is 0 Å². The summed E-state index contributed by atoms with van der Waals surface area (Å²) in [6, 6.07) is 6.82. The Hall–Kier alpha value is -1.75. The summed E-state index contributed by atoms with van der Waals surface area (Å²) in [7, 11) is 0. The lowest BCUT2D eigenvalue weighted by Crippen LogP contribution is -2.35. The molecule has 0 radical (unpaired) electrons. The van der Waals surface area contributed by atoms with Crippen molar-refractivity contribution in [1.29, 1.82) is 0 Å². The van der Waals surface area contributed by atoms with Gasteiger partial charge in [0, 0.05) is 6.54 Å². The average molecular weight is 286 g/mol. The Morgan fingerprint density at radius 2 is 2.11 bits per heavy atom. The number of benzene rings is 1. The van der Waals surface area contributed by atoms with Crippen LogP contribution in [0.15, 0.2) is 24.3 Å². The third-order valence-corrected chi connectivity index (χ3v) is 2.90.